The van der Waals surface area contributed by atoms with Crippen molar-refractivity contribution in [2.45, 2.75) is 38.9 Å². The maximum Gasteiger partial charge on any atom is 1.00 e. The van der Waals surface area contributed by atoms with Crippen LogP contribution in [0, 0.1) is 5.41 Å². The first kappa shape index (κ1) is 13.5. The number of hydrogen-bond donors (Lipinski definition) is 0. The van der Waals surface area contributed by atoms with E-state index in [1.54, 1.807) is 0 Å². The van der Waals surface area contributed by atoms with E-state index in [9.17, 15) is 12.9 Å². The average molecular weight is 204 g/mol. The van der Waals surface area contributed by atoms with E-state index in [0.29, 0.717) is 12.8 Å². The maximum atomic E-state index is 12.2. The van der Waals surface area contributed by atoms with Crippen molar-refractivity contribution in [3.8, 4) is 0 Å². The summed E-state index contributed by atoms with van der Waals surface area (Å²) in [6, 6.07) is 0. The third kappa shape index (κ3) is 3.70. The number of rotatable bonds is 1. The van der Waals surface area contributed by atoms with Crippen molar-refractivity contribution in [1.82, 2.24) is 0 Å². The molecule has 0 aliphatic heterocycles. The van der Waals surface area contributed by atoms with Gasteiger partial charge in [-0.25, -0.2) is 0 Å². The minimum absolute atomic E-state index is 0. The summed E-state index contributed by atoms with van der Waals surface area (Å²) in [5.41, 5.74) is -0.0814. The van der Waals surface area contributed by atoms with E-state index in [0.717, 1.165) is 6.42 Å². The van der Waals surface area contributed by atoms with Crippen LogP contribution in [0.25, 0.3) is 0 Å². The van der Waals surface area contributed by atoms with Gasteiger partial charge in [0.1, 0.15) is 0 Å². The molecule has 1 aliphatic carbocycles. The predicted octanol–water partition coefficient (Wildman–Crippen LogP) is 0.418. The van der Waals surface area contributed by atoms with Crippen molar-refractivity contribution in [3.05, 3.63) is 0 Å². The quantitative estimate of drug-likeness (QED) is 0.543. The van der Waals surface area contributed by atoms with E-state index in [1.165, 1.54) is 0 Å². The van der Waals surface area contributed by atoms with E-state index in [1.807, 2.05) is 13.8 Å². The van der Waals surface area contributed by atoms with Gasteiger partial charge < -0.3 is 12.9 Å². The van der Waals surface area contributed by atoms with E-state index in [2.05, 4.69) is 0 Å². The Morgan fingerprint density at radius 3 is 1.92 bits per heavy atom. The monoisotopic (exact) mass is 204 g/mol. The van der Waals surface area contributed by atoms with Crippen LogP contribution in [0.3, 0.4) is 0 Å². The van der Waals surface area contributed by atoms with E-state index in [-0.39, 0.29) is 56.8 Å². The van der Waals surface area contributed by atoms with Gasteiger partial charge in [0.15, 0.2) is 0 Å². The smallest absolute Gasteiger partial charge is 0.449 e. The molecule has 0 heterocycles. The van der Waals surface area contributed by atoms with Gasteiger partial charge in [0.05, 0.1) is 0 Å². The zero-order valence-corrected chi connectivity index (χ0v) is 11.0. The molecule has 66 valence electrons. The number of hydrogen-bond acceptors (Lipinski definition) is 0. The van der Waals surface area contributed by atoms with Gasteiger partial charge in [-0.15, -0.1) is 0 Å². The Balaban J connectivity index is 0.00000121. The van der Waals surface area contributed by atoms with Crippen molar-refractivity contribution < 1.29 is 64.3 Å². The predicted molar refractivity (Wildman–Crippen MR) is 40.5 cm³/mol. The van der Waals surface area contributed by atoms with Crippen LogP contribution in [0.15, 0.2) is 0 Å². The third-order valence-corrected chi connectivity index (χ3v) is 2.54. The second-order valence-electron chi connectivity index (χ2n) is 4.29. The molecule has 1 saturated carbocycles. The maximum absolute atomic E-state index is 12.2. The van der Waals surface area contributed by atoms with Gasteiger partial charge in [-0.2, -0.15) is 0 Å². The summed E-state index contributed by atoms with van der Waals surface area (Å²) < 4.78 is 36.5. The Hall–Kier alpha value is 1.49. The molecule has 1 atom stereocenters. The van der Waals surface area contributed by atoms with Crippen molar-refractivity contribution in [2.75, 3.05) is 0 Å². The second-order valence-corrected chi connectivity index (χ2v) is 4.29. The fourth-order valence-electron chi connectivity index (χ4n) is 1.81. The fraction of sp³-hybridized carbons (Fsp3) is 1.00. The molecule has 0 nitrogen and oxygen atoms in total. The van der Waals surface area contributed by atoms with Crippen molar-refractivity contribution in [1.29, 1.82) is 0 Å². The van der Waals surface area contributed by atoms with Crippen LogP contribution in [0.4, 0.5) is 12.9 Å². The molecule has 12 heavy (non-hydrogen) atoms. The molecule has 1 unspecified atom stereocenters. The standard InChI is InChI=1S/C7H13BF3.K/c1-7(2)4-3-6(5-7)8(9,10)11;/h6H,3-5H2,1-2H3;/q-1;+1. The van der Waals surface area contributed by atoms with Crippen LogP contribution in [0.2, 0.25) is 5.82 Å². The molecule has 1 rings (SSSR count). The van der Waals surface area contributed by atoms with Gasteiger partial charge >= 0.3 is 58.4 Å². The van der Waals surface area contributed by atoms with Gasteiger partial charge in [0, 0.05) is 0 Å². The fourth-order valence-corrected chi connectivity index (χ4v) is 1.81. The van der Waals surface area contributed by atoms with Gasteiger partial charge in [-0.3, -0.25) is 0 Å². The van der Waals surface area contributed by atoms with Crippen molar-refractivity contribution >= 4 is 6.98 Å². The molecule has 0 aromatic carbocycles. The third-order valence-electron chi connectivity index (χ3n) is 2.54. The first-order valence-electron chi connectivity index (χ1n) is 4.01. The molecule has 1 aliphatic rings. The molecule has 0 bridgehead atoms. The summed E-state index contributed by atoms with van der Waals surface area (Å²) in [6.45, 7) is -0.748. The zero-order chi connectivity index (χ0) is 8.70. The van der Waals surface area contributed by atoms with E-state index < -0.39 is 12.8 Å². The second kappa shape index (κ2) is 4.34. The Morgan fingerprint density at radius 1 is 1.25 bits per heavy atom. The molecular weight excluding hydrogens is 191 g/mol. The molecular formula is C7H13BF3K. The van der Waals surface area contributed by atoms with Crippen LogP contribution >= 0.6 is 0 Å². The Morgan fingerprint density at radius 2 is 1.75 bits per heavy atom. The normalized spacial score (nSPS) is 28.2. The van der Waals surface area contributed by atoms with Gasteiger partial charge in [0.2, 0.25) is 0 Å². The van der Waals surface area contributed by atoms with Gasteiger partial charge in [-0.1, -0.05) is 38.9 Å². The molecule has 0 radical (unpaired) electrons. The molecule has 0 N–H and O–H groups in total. The first-order chi connectivity index (χ1) is 4.81. The minimum Gasteiger partial charge on any atom is -0.449 e. The van der Waals surface area contributed by atoms with Crippen molar-refractivity contribution in [2.24, 2.45) is 5.41 Å². The topological polar surface area (TPSA) is 0 Å². The van der Waals surface area contributed by atoms with Gasteiger partial charge in [0.25, 0.3) is 0 Å². The summed E-state index contributed by atoms with van der Waals surface area (Å²) in [5, 5.41) is 0. The molecule has 0 spiro atoms. The molecule has 5 heteroatoms. The van der Waals surface area contributed by atoms with Gasteiger partial charge in [-0.05, 0) is 5.41 Å². The Bertz CT molecular complexity index is 155. The van der Waals surface area contributed by atoms with E-state index in [4.69, 9.17) is 0 Å². The summed E-state index contributed by atoms with van der Waals surface area (Å²) in [5.74, 6) is -0.981. The largest absolute Gasteiger partial charge is 1.00 e. The zero-order valence-electron chi connectivity index (χ0n) is 7.91. The van der Waals surface area contributed by atoms with Crippen LogP contribution in [-0.2, 0) is 0 Å². The van der Waals surface area contributed by atoms with Crippen LogP contribution < -0.4 is 51.4 Å². The molecule has 0 amide bonds. The average Bonchev–Trinajstić information content (AvgIpc) is 2.07. The molecule has 0 aromatic heterocycles. The minimum atomic E-state index is -4.57. The Kier molecular flexibility index (Phi) is 4.88. The summed E-state index contributed by atoms with van der Waals surface area (Å²) in [7, 11) is 0. The SMILES string of the molecule is CC1(C)CCC([B-](F)(F)F)C1.[K+]. The van der Waals surface area contributed by atoms with Crippen molar-refractivity contribution in [3.63, 3.8) is 0 Å². The molecule has 0 saturated heterocycles. The summed E-state index contributed by atoms with van der Waals surface area (Å²) >= 11 is 0. The molecule has 1 fully saturated rings. The van der Waals surface area contributed by atoms with E-state index >= 15 is 0 Å². The summed E-state index contributed by atoms with van der Waals surface area (Å²) in [6.07, 6.45) is 1.39. The van der Waals surface area contributed by atoms with Crippen LogP contribution in [-0.4, -0.2) is 6.98 Å². The number of halogens is 3. The Labute approximate surface area is 114 Å². The van der Waals surface area contributed by atoms with Crippen LogP contribution in [0.5, 0.6) is 0 Å². The summed E-state index contributed by atoms with van der Waals surface area (Å²) in [4.78, 5) is 0. The van der Waals surface area contributed by atoms with Crippen LogP contribution in [0.1, 0.15) is 33.1 Å². The molecule has 0 aromatic rings. The first-order valence-corrected chi connectivity index (χ1v) is 4.01.